The Labute approximate surface area is 48.1 Å². The third-order valence-electron chi connectivity index (χ3n) is 1.49. The van der Waals surface area contributed by atoms with E-state index in [1.807, 2.05) is 12.1 Å². The van der Waals surface area contributed by atoms with Crippen molar-refractivity contribution in [2.75, 3.05) is 5.73 Å². The Morgan fingerprint density at radius 1 is 1.25 bits per heavy atom. The lowest BCUT2D eigenvalue weighted by atomic mass is 10.3. The highest BCUT2D eigenvalue weighted by molar-refractivity contribution is 5.54. The second-order valence-electron chi connectivity index (χ2n) is 2.20. The Bertz CT molecular complexity index is 227. The number of hydrogen-bond donors (Lipinski definition) is 1. The minimum atomic E-state index is 0.890. The number of anilines is 1. The van der Waals surface area contributed by atoms with Gasteiger partial charge in [-0.05, 0) is 29.7 Å². The average molecular weight is 105 g/mol. The van der Waals surface area contributed by atoms with E-state index in [9.17, 15) is 0 Å². The fraction of sp³-hybridized carbons (Fsp3) is 0.143. The van der Waals surface area contributed by atoms with E-state index in [4.69, 9.17) is 5.73 Å². The van der Waals surface area contributed by atoms with Crippen LogP contribution in [0.4, 0.5) is 5.69 Å². The van der Waals surface area contributed by atoms with Gasteiger partial charge in [0, 0.05) is 5.69 Å². The van der Waals surface area contributed by atoms with Crippen LogP contribution in [0.1, 0.15) is 11.1 Å². The zero-order valence-corrected chi connectivity index (χ0v) is 4.52. The van der Waals surface area contributed by atoms with Gasteiger partial charge in [0.25, 0.3) is 0 Å². The monoisotopic (exact) mass is 105 g/mol. The third kappa shape index (κ3) is 0.413. The Morgan fingerprint density at radius 3 is 2.75 bits per heavy atom. The molecule has 0 bridgehead atoms. The van der Waals surface area contributed by atoms with Crippen molar-refractivity contribution in [2.45, 2.75) is 6.42 Å². The smallest absolute Gasteiger partial charge is 0.0317 e. The first-order valence-corrected chi connectivity index (χ1v) is 2.73. The van der Waals surface area contributed by atoms with Crippen LogP contribution < -0.4 is 5.73 Å². The summed E-state index contributed by atoms with van der Waals surface area (Å²) in [7, 11) is 0. The van der Waals surface area contributed by atoms with E-state index in [0.29, 0.717) is 0 Å². The number of nitrogen functional groups attached to an aromatic ring is 1. The standard InChI is InChI=1S/C7H7N/c8-7-2-1-5-3-6(5)4-7/h1-2,4H,3,8H2. The van der Waals surface area contributed by atoms with Gasteiger partial charge in [-0.15, -0.1) is 0 Å². The largest absolute Gasteiger partial charge is 0.399 e. The van der Waals surface area contributed by atoms with E-state index in [1.54, 1.807) is 0 Å². The Morgan fingerprint density at radius 2 is 2.12 bits per heavy atom. The summed E-state index contributed by atoms with van der Waals surface area (Å²) in [5, 5.41) is 0. The first-order valence-electron chi connectivity index (χ1n) is 2.73. The van der Waals surface area contributed by atoms with E-state index in [0.717, 1.165) is 12.1 Å². The highest BCUT2D eigenvalue weighted by Gasteiger charge is 2.14. The molecule has 8 heavy (non-hydrogen) atoms. The molecule has 0 atom stereocenters. The maximum absolute atomic E-state index is 5.49. The second kappa shape index (κ2) is 1.05. The van der Waals surface area contributed by atoms with Crippen LogP contribution in [-0.2, 0) is 6.42 Å². The minimum Gasteiger partial charge on any atom is -0.399 e. The maximum Gasteiger partial charge on any atom is 0.0317 e. The summed E-state index contributed by atoms with van der Waals surface area (Å²) >= 11 is 0. The third-order valence-corrected chi connectivity index (χ3v) is 1.49. The molecule has 2 rings (SSSR count). The van der Waals surface area contributed by atoms with Gasteiger partial charge in [-0.1, -0.05) is 6.07 Å². The molecule has 0 spiro atoms. The maximum atomic E-state index is 5.49. The van der Waals surface area contributed by atoms with Crippen LogP contribution in [0.25, 0.3) is 0 Å². The molecule has 0 aliphatic heterocycles. The van der Waals surface area contributed by atoms with E-state index in [2.05, 4.69) is 6.07 Å². The lowest BCUT2D eigenvalue weighted by Gasteiger charge is -1.83. The highest BCUT2D eigenvalue weighted by atomic mass is 14.5. The zero-order valence-electron chi connectivity index (χ0n) is 4.52. The Kier molecular flexibility index (Phi) is 0.519. The molecule has 0 radical (unpaired) electrons. The number of benzene rings is 1. The molecular formula is C7H7N. The number of rotatable bonds is 0. The lowest BCUT2D eigenvalue weighted by Crippen LogP contribution is -1.79. The van der Waals surface area contributed by atoms with Crippen molar-refractivity contribution in [2.24, 2.45) is 0 Å². The summed E-state index contributed by atoms with van der Waals surface area (Å²) in [5.74, 6) is 0. The number of nitrogens with two attached hydrogens (primary N) is 1. The van der Waals surface area contributed by atoms with Gasteiger partial charge in [-0.2, -0.15) is 0 Å². The fourth-order valence-electron chi connectivity index (χ4n) is 0.917. The molecular weight excluding hydrogens is 98.1 g/mol. The quantitative estimate of drug-likeness (QED) is 0.500. The van der Waals surface area contributed by atoms with Gasteiger partial charge in [0.2, 0.25) is 0 Å². The second-order valence-corrected chi connectivity index (χ2v) is 2.20. The van der Waals surface area contributed by atoms with Crippen LogP contribution in [0.3, 0.4) is 0 Å². The Hall–Kier alpha value is -0.980. The highest BCUT2D eigenvalue weighted by Crippen LogP contribution is 2.28. The van der Waals surface area contributed by atoms with Crippen LogP contribution in [0, 0.1) is 0 Å². The van der Waals surface area contributed by atoms with Gasteiger partial charge in [0.05, 0.1) is 0 Å². The van der Waals surface area contributed by atoms with Crippen molar-refractivity contribution in [1.29, 1.82) is 0 Å². The molecule has 2 N–H and O–H groups in total. The topological polar surface area (TPSA) is 26.0 Å². The molecule has 1 aromatic carbocycles. The summed E-state index contributed by atoms with van der Waals surface area (Å²) in [6, 6.07) is 6.08. The van der Waals surface area contributed by atoms with Crippen LogP contribution in [0.5, 0.6) is 0 Å². The van der Waals surface area contributed by atoms with E-state index in [-0.39, 0.29) is 0 Å². The van der Waals surface area contributed by atoms with Crippen LogP contribution in [0.15, 0.2) is 18.2 Å². The summed E-state index contributed by atoms with van der Waals surface area (Å²) in [6.07, 6.45) is 1.16. The molecule has 1 nitrogen and oxygen atoms in total. The van der Waals surface area contributed by atoms with Crippen molar-refractivity contribution in [3.05, 3.63) is 29.3 Å². The van der Waals surface area contributed by atoms with Crippen molar-refractivity contribution < 1.29 is 0 Å². The molecule has 0 unspecified atom stereocenters. The van der Waals surface area contributed by atoms with Crippen molar-refractivity contribution in [3.63, 3.8) is 0 Å². The number of hydrogen-bond acceptors (Lipinski definition) is 1. The molecule has 1 aromatic rings. The fourth-order valence-corrected chi connectivity index (χ4v) is 0.917. The SMILES string of the molecule is Nc1ccc2c(c1)C2. The summed E-state index contributed by atoms with van der Waals surface area (Å²) in [4.78, 5) is 0. The van der Waals surface area contributed by atoms with E-state index >= 15 is 0 Å². The first kappa shape index (κ1) is 3.96. The molecule has 0 saturated carbocycles. The van der Waals surface area contributed by atoms with Gasteiger partial charge < -0.3 is 5.73 Å². The molecule has 1 heteroatoms. The zero-order chi connectivity index (χ0) is 5.56. The molecule has 0 saturated heterocycles. The molecule has 0 heterocycles. The van der Waals surface area contributed by atoms with Gasteiger partial charge in [0.15, 0.2) is 0 Å². The first-order chi connectivity index (χ1) is 3.86. The summed E-state index contributed by atoms with van der Waals surface area (Å²) in [5.41, 5.74) is 9.26. The van der Waals surface area contributed by atoms with Crippen LogP contribution in [-0.4, -0.2) is 0 Å². The molecule has 0 amide bonds. The van der Waals surface area contributed by atoms with Gasteiger partial charge >= 0.3 is 0 Å². The molecule has 1 aliphatic rings. The minimum absolute atomic E-state index is 0.890. The molecule has 40 valence electrons. The normalized spacial score (nSPS) is 13.0. The van der Waals surface area contributed by atoms with E-state index in [1.165, 1.54) is 11.1 Å². The predicted octanol–water partition coefficient (Wildman–Crippen LogP) is 1.17. The van der Waals surface area contributed by atoms with Crippen LogP contribution >= 0.6 is 0 Å². The molecule has 0 fully saturated rings. The van der Waals surface area contributed by atoms with Crippen LogP contribution in [0.2, 0.25) is 0 Å². The van der Waals surface area contributed by atoms with Gasteiger partial charge in [-0.3, -0.25) is 0 Å². The summed E-state index contributed by atoms with van der Waals surface area (Å²) < 4.78 is 0. The van der Waals surface area contributed by atoms with Gasteiger partial charge in [-0.25, -0.2) is 0 Å². The Balaban J connectivity index is 2.64. The van der Waals surface area contributed by atoms with Gasteiger partial charge in [0.1, 0.15) is 0 Å². The van der Waals surface area contributed by atoms with Crippen molar-refractivity contribution in [3.8, 4) is 0 Å². The van der Waals surface area contributed by atoms with Crippen molar-refractivity contribution >= 4 is 5.69 Å². The lowest BCUT2D eigenvalue weighted by molar-refractivity contribution is 1.61. The molecule has 1 aliphatic carbocycles. The summed E-state index contributed by atoms with van der Waals surface area (Å²) in [6.45, 7) is 0. The molecule has 0 aromatic heterocycles. The van der Waals surface area contributed by atoms with E-state index < -0.39 is 0 Å². The predicted molar refractivity (Wildman–Crippen MR) is 33.7 cm³/mol. The average Bonchev–Trinajstić information content (AvgIpc) is 2.43. The van der Waals surface area contributed by atoms with Crippen molar-refractivity contribution in [1.82, 2.24) is 0 Å². The number of fused-ring (bicyclic) bond motifs is 1.